The SMILES string of the molecule is COc1ccc(N(C)S(=O)(=O)c2cc(CO)oc2C)cc1. The molecule has 21 heavy (non-hydrogen) atoms. The van der Waals surface area contributed by atoms with Gasteiger partial charge in [0.25, 0.3) is 10.0 Å². The van der Waals surface area contributed by atoms with Crippen LogP contribution in [0.5, 0.6) is 5.75 Å². The smallest absolute Gasteiger partial charge is 0.267 e. The number of benzene rings is 1. The van der Waals surface area contributed by atoms with Gasteiger partial charge >= 0.3 is 0 Å². The number of anilines is 1. The summed E-state index contributed by atoms with van der Waals surface area (Å²) < 4.78 is 36.6. The Morgan fingerprint density at radius 2 is 1.90 bits per heavy atom. The zero-order chi connectivity index (χ0) is 15.6. The van der Waals surface area contributed by atoms with Crippen LogP contribution in [0, 0.1) is 6.92 Å². The lowest BCUT2D eigenvalue weighted by molar-refractivity contribution is 0.244. The van der Waals surface area contributed by atoms with Crippen molar-refractivity contribution < 1.29 is 22.7 Å². The molecule has 7 heteroatoms. The number of aliphatic hydroxyl groups is 1. The first kappa shape index (κ1) is 15.4. The van der Waals surface area contributed by atoms with Gasteiger partial charge in [0.1, 0.15) is 28.8 Å². The van der Waals surface area contributed by atoms with E-state index in [4.69, 9.17) is 14.3 Å². The second-order valence-electron chi connectivity index (χ2n) is 4.46. The molecule has 0 aliphatic heterocycles. The fourth-order valence-corrected chi connectivity index (χ4v) is 3.32. The molecule has 2 aromatic rings. The molecule has 0 bridgehead atoms. The molecule has 1 heterocycles. The fourth-order valence-electron chi connectivity index (χ4n) is 1.94. The summed E-state index contributed by atoms with van der Waals surface area (Å²) >= 11 is 0. The van der Waals surface area contributed by atoms with Gasteiger partial charge in [0.2, 0.25) is 0 Å². The zero-order valence-electron chi connectivity index (χ0n) is 12.0. The molecular formula is C14H17NO5S. The summed E-state index contributed by atoms with van der Waals surface area (Å²) in [6, 6.07) is 8.01. The number of aliphatic hydroxyl groups excluding tert-OH is 1. The van der Waals surface area contributed by atoms with Gasteiger partial charge in [-0.1, -0.05) is 0 Å². The van der Waals surface area contributed by atoms with Gasteiger partial charge < -0.3 is 14.3 Å². The Kier molecular flexibility index (Phi) is 4.24. The Hall–Kier alpha value is -1.99. The predicted octanol–water partition coefficient (Wildman–Crippen LogP) is 1.91. The van der Waals surface area contributed by atoms with Crippen LogP contribution in [-0.4, -0.2) is 27.7 Å². The van der Waals surface area contributed by atoms with Gasteiger partial charge in [-0.05, 0) is 31.2 Å². The molecule has 0 amide bonds. The first-order chi connectivity index (χ1) is 9.90. The molecule has 114 valence electrons. The summed E-state index contributed by atoms with van der Waals surface area (Å²) in [5, 5.41) is 9.04. The average molecular weight is 311 g/mol. The van der Waals surface area contributed by atoms with E-state index in [9.17, 15) is 8.42 Å². The maximum absolute atomic E-state index is 12.6. The minimum atomic E-state index is -3.74. The number of rotatable bonds is 5. The molecule has 0 saturated heterocycles. The van der Waals surface area contributed by atoms with E-state index < -0.39 is 10.0 Å². The number of methoxy groups -OCH3 is 1. The topological polar surface area (TPSA) is 80.0 Å². The van der Waals surface area contributed by atoms with Crippen LogP contribution in [0.25, 0.3) is 0 Å². The molecule has 0 atom stereocenters. The van der Waals surface area contributed by atoms with E-state index in [0.29, 0.717) is 11.4 Å². The van der Waals surface area contributed by atoms with Crippen LogP contribution < -0.4 is 9.04 Å². The summed E-state index contributed by atoms with van der Waals surface area (Å²) in [5.74, 6) is 1.11. The van der Waals surface area contributed by atoms with Crippen molar-refractivity contribution in [2.45, 2.75) is 18.4 Å². The molecule has 0 spiro atoms. The Balaban J connectivity index is 2.39. The van der Waals surface area contributed by atoms with Crippen LogP contribution in [0.2, 0.25) is 0 Å². The van der Waals surface area contributed by atoms with Crippen LogP contribution in [0.4, 0.5) is 5.69 Å². The van der Waals surface area contributed by atoms with Crippen LogP contribution in [0.3, 0.4) is 0 Å². The molecule has 1 aromatic heterocycles. The van der Waals surface area contributed by atoms with Gasteiger partial charge in [0, 0.05) is 13.1 Å². The van der Waals surface area contributed by atoms with E-state index in [0.717, 1.165) is 4.31 Å². The van der Waals surface area contributed by atoms with Gasteiger partial charge in [0.15, 0.2) is 0 Å². The molecule has 1 aromatic carbocycles. The highest BCUT2D eigenvalue weighted by atomic mass is 32.2. The van der Waals surface area contributed by atoms with Crippen molar-refractivity contribution in [2.24, 2.45) is 0 Å². The monoisotopic (exact) mass is 311 g/mol. The third kappa shape index (κ3) is 2.88. The molecule has 0 saturated carbocycles. The van der Waals surface area contributed by atoms with Crippen LogP contribution >= 0.6 is 0 Å². The molecule has 0 aliphatic rings. The number of ether oxygens (including phenoxy) is 1. The maximum Gasteiger partial charge on any atom is 0.267 e. The zero-order valence-corrected chi connectivity index (χ0v) is 12.8. The predicted molar refractivity (Wildman–Crippen MR) is 78.0 cm³/mol. The Bertz CT molecular complexity index is 718. The van der Waals surface area contributed by atoms with Gasteiger partial charge in [-0.3, -0.25) is 4.31 Å². The van der Waals surface area contributed by atoms with Crippen molar-refractivity contribution in [3.05, 3.63) is 41.9 Å². The standard InChI is InChI=1S/C14H17NO5S/c1-10-14(8-13(9-16)20-10)21(17,18)15(2)11-4-6-12(19-3)7-5-11/h4-8,16H,9H2,1-3H3. The third-order valence-corrected chi connectivity index (χ3v) is 5.05. The number of aryl methyl sites for hydroxylation is 1. The van der Waals surface area contributed by atoms with Crippen molar-refractivity contribution in [3.8, 4) is 5.75 Å². The molecule has 0 fully saturated rings. The maximum atomic E-state index is 12.6. The van der Waals surface area contributed by atoms with Crippen molar-refractivity contribution >= 4 is 15.7 Å². The van der Waals surface area contributed by atoms with E-state index >= 15 is 0 Å². The van der Waals surface area contributed by atoms with Crippen LogP contribution in [0.1, 0.15) is 11.5 Å². The molecular weight excluding hydrogens is 294 g/mol. The molecule has 6 nitrogen and oxygen atoms in total. The van der Waals surface area contributed by atoms with E-state index in [-0.39, 0.29) is 23.0 Å². The Morgan fingerprint density at radius 3 is 2.38 bits per heavy atom. The number of furan rings is 1. The first-order valence-electron chi connectivity index (χ1n) is 6.23. The van der Waals surface area contributed by atoms with Gasteiger partial charge in [-0.15, -0.1) is 0 Å². The molecule has 1 N–H and O–H groups in total. The quantitative estimate of drug-likeness (QED) is 0.912. The summed E-state index contributed by atoms with van der Waals surface area (Å²) in [4.78, 5) is 0.0462. The number of hydrogen-bond donors (Lipinski definition) is 1. The highest BCUT2D eigenvalue weighted by Gasteiger charge is 2.26. The lowest BCUT2D eigenvalue weighted by Gasteiger charge is -2.19. The Labute approximate surface area is 123 Å². The van der Waals surface area contributed by atoms with E-state index in [1.165, 1.54) is 13.1 Å². The largest absolute Gasteiger partial charge is 0.497 e. The highest BCUT2D eigenvalue weighted by molar-refractivity contribution is 7.92. The van der Waals surface area contributed by atoms with E-state index in [2.05, 4.69) is 0 Å². The summed E-state index contributed by atoms with van der Waals surface area (Å²) in [7, 11) is -0.741. The molecule has 0 aliphatic carbocycles. The third-order valence-electron chi connectivity index (χ3n) is 3.15. The van der Waals surface area contributed by atoms with Crippen LogP contribution in [-0.2, 0) is 16.6 Å². The average Bonchev–Trinajstić information content (AvgIpc) is 2.88. The van der Waals surface area contributed by atoms with Crippen molar-refractivity contribution in [2.75, 3.05) is 18.5 Å². The minimum absolute atomic E-state index is 0.0462. The van der Waals surface area contributed by atoms with Crippen molar-refractivity contribution in [1.29, 1.82) is 0 Å². The van der Waals surface area contributed by atoms with Crippen molar-refractivity contribution in [1.82, 2.24) is 0 Å². The first-order valence-corrected chi connectivity index (χ1v) is 7.67. The lowest BCUT2D eigenvalue weighted by atomic mass is 10.3. The summed E-state index contributed by atoms with van der Waals surface area (Å²) in [5.41, 5.74) is 0.502. The number of sulfonamides is 1. The fraction of sp³-hybridized carbons (Fsp3) is 0.286. The van der Waals surface area contributed by atoms with E-state index in [1.807, 2.05) is 0 Å². The normalized spacial score (nSPS) is 11.4. The number of hydrogen-bond acceptors (Lipinski definition) is 5. The summed E-state index contributed by atoms with van der Waals surface area (Å²) in [6.07, 6.45) is 0. The van der Waals surface area contributed by atoms with Gasteiger partial charge in [-0.2, -0.15) is 0 Å². The molecule has 0 unspecified atom stereocenters. The second kappa shape index (κ2) is 5.79. The van der Waals surface area contributed by atoms with Crippen molar-refractivity contribution in [3.63, 3.8) is 0 Å². The highest BCUT2D eigenvalue weighted by Crippen LogP contribution is 2.27. The van der Waals surface area contributed by atoms with Crippen LogP contribution in [0.15, 0.2) is 39.6 Å². The summed E-state index contributed by atoms with van der Waals surface area (Å²) in [6.45, 7) is 1.20. The number of nitrogens with zero attached hydrogens (tertiary/aromatic N) is 1. The van der Waals surface area contributed by atoms with E-state index in [1.54, 1.807) is 38.3 Å². The molecule has 2 rings (SSSR count). The second-order valence-corrected chi connectivity index (χ2v) is 6.40. The minimum Gasteiger partial charge on any atom is -0.497 e. The Morgan fingerprint density at radius 1 is 1.29 bits per heavy atom. The van der Waals surface area contributed by atoms with Gasteiger partial charge in [-0.25, -0.2) is 8.42 Å². The lowest BCUT2D eigenvalue weighted by Crippen LogP contribution is -2.26. The molecule has 0 radical (unpaired) electrons. The van der Waals surface area contributed by atoms with Gasteiger partial charge in [0.05, 0.1) is 12.8 Å².